The molecule has 0 aromatic heterocycles. The van der Waals surface area contributed by atoms with E-state index in [2.05, 4.69) is 93.5 Å². The molecule has 26 heavy (non-hydrogen) atoms. The topological polar surface area (TPSA) is 12.5 Å². The Kier molecular flexibility index (Phi) is 5.96. The third kappa shape index (κ3) is 4.45. The van der Waals surface area contributed by atoms with Gasteiger partial charge in [-0.3, -0.25) is 0 Å². The van der Waals surface area contributed by atoms with Crippen LogP contribution in [0.15, 0.2) is 66.7 Å². The summed E-state index contributed by atoms with van der Waals surface area (Å²) in [4.78, 5) is 2.18. The van der Waals surface area contributed by atoms with Gasteiger partial charge in [-0.2, -0.15) is 0 Å². The van der Waals surface area contributed by atoms with E-state index in [0.717, 1.165) is 5.75 Å². The zero-order chi connectivity index (χ0) is 18.5. The van der Waals surface area contributed by atoms with Crippen LogP contribution in [0.5, 0.6) is 5.75 Å². The Labute approximate surface area is 158 Å². The quantitative estimate of drug-likeness (QED) is 0.595. The minimum absolute atomic E-state index is 0.561. The SMILES string of the molecule is Cc1cc(C)c(OCc2ccccc2)c(Pc2ccccc2N(C)C)c1. The molecule has 3 aromatic rings. The van der Waals surface area contributed by atoms with Gasteiger partial charge in [-0.1, -0.05) is 63.2 Å². The van der Waals surface area contributed by atoms with Crippen molar-refractivity contribution in [1.82, 2.24) is 0 Å². The van der Waals surface area contributed by atoms with Crippen LogP contribution < -0.4 is 20.2 Å². The average molecular weight is 363 g/mol. The minimum atomic E-state index is 0.561. The van der Waals surface area contributed by atoms with Crippen LogP contribution in [-0.2, 0) is 6.61 Å². The summed E-state index contributed by atoms with van der Waals surface area (Å²) >= 11 is 0. The Hall–Kier alpha value is -2.31. The van der Waals surface area contributed by atoms with Crippen LogP contribution in [0.2, 0.25) is 0 Å². The van der Waals surface area contributed by atoms with Crippen molar-refractivity contribution in [1.29, 1.82) is 0 Å². The highest BCUT2D eigenvalue weighted by Crippen LogP contribution is 2.28. The van der Waals surface area contributed by atoms with E-state index >= 15 is 0 Å². The van der Waals surface area contributed by atoms with Crippen LogP contribution in [0.25, 0.3) is 0 Å². The zero-order valence-corrected chi connectivity index (χ0v) is 16.9. The molecule has 0 saturated heterocycles. The molecule has 0 aliphatic rings. The first-order valence-corrected chi connectivity index (χ1v) is 9.86. The first-order chi connectivity index (χ1) is 12.5. The van der Waals surface area contributed by atoms with Gasteiger partial charge in [0.2, 0.25) is 0 Å². The van der Waals surface area contributed by atoms with Gasteiger partial charge in [0.15, 0.2) is 0 Å². The van der Waals surface area contributed by atoms with Crippen molar-refractivity contribution < 1.29 is 4.74 Å². The van der Waals surface area contributed by atoms with Crippen molar-refractivity contribution in [2.24, 2.45) is 0 Å². The fraction of sp³-hybridized carbons (Fsp3) is 0.217. The Morgan fingerprint density at radius 3 is 2.27 bits per heavy atom. The van der Waals surface area contributed by atoms with Crippen molar-refractivity contribution in [2.45, 2.75) is 20.5 Å². The van der Waals surface area contributed by atoms with Crippen molar-refractivity contribution in [3.05, 3.63) is 83.4 Å². The molecular formula is C23H26NOP. The predicted molar refractivity (Wildman–Crippen MR) is 115 cm³/mol. The van der Waals surface area contributed by atoms with Crippen molar-refractivity contribution in [3.63, 3.8) is 0 Å². The summed E-state index contributed by atoms with van der Waals surface area (Å²) in [5.41, 5.74) is 4.93. The molecule has 0 aliphatic heterocycles. The fourth-order valence-electron chi connectivity index (χ4n) is 3.08. The lowest BCUT2D eigenvalue weighted by molar-refractivity contribution is 0.307. The van der Waals surface area contributed by atoms with Crippen LogP contribution >= 0.6 is 8.58 Å². The number of para-hydroxylation sites is 1. The Bertz CT molecular complexity index is 875. The number of benzene rings is 3. The van der Waals surface area contributed by atoms with Gasteiger partial charge in [-0.25, -0.2) is 0 Å². The summed E-state index contributed by atoms with van der Waals surface area (Å²) in [5.74, 6) is 1.02. The zero-order valence-electron chi connectivity index (χ0n) is 15.9. The normalized spacial score (nSPS) is 11.1. The summed E-state index contributed by atoms with van der Waals surface area (Å²) in [6.45, 7) is 4.89. The van der Waals surface area contributed by atoms with Gasteiger partial charge in [0, 0.05) is 30.4 Å². The first-order valence-electron chi connectivity index (χ1n) is 8.86. The van der Waals surface area contributed by atoms with Crippen molar-refractivity contribution in [2.75, 3.05) is 19.0 Å². The van der Waals surface area contributed by atoms with E-state index < -0.39 is 0 Å². The van der Waals surface area contributed by atoms with Gasteiger partial charge in [-0.15, -0.1) is 0 Å². The molecule has 0 amide bonds. The van der Waals surface area contributed by atoms with Gasteiger partial charge in [0.05, 0.1) is 0 Å². The summed E-state index contributed by atoms with van der Waals surface area (Å²) in [7, 11) is 4.75. The highest BCUT2D eigenvalue weighted by Gasteiger charge is 2.12. The molecule has 3 aromatic carbocycles. The molecule has 1 atom stereocenters. The minimum Gasteiger partial charge on any atom is -0.488 e. The summed E-state index contributed by atoms with van der Waals surface area (Å²) in [6, 6.07) is 23.4. The van der Waals surface area contributed by atoms with Crippen LogP contribution in [0.4, 0.5) is 5.69 Å². The molecular weight excluding hydrogens is 337 g/mol. The predicted octanol–water partition coefficient (Wildman–Crippen LogP) is 4.58. The van der Waals surface area contributed by atoms with Crippen LogP contribution in [0, 0.1) is 13.8 Å². The molecule has 0 radical (unpaired) electrons. The van der Waals surface area contributed by atoms with E-state index in [-0.39, 0.29) is 0 Å². The van der Waals surface area contributed by atoms with Crippen LogP contribution in [-0.4, -0.2) is 14.1 Å². The number of hydrogen-bond donors (Lipinski definition) is 0. The number of hydrogen-bond acceptors (Lipinski definition) is 2. The molecule has 2 nitrogen and oxygen atoms in total. The molecule has 0 saturated carbocycles. The number of rotatable bonds is 6. The fourth-order valence-corrected chi connectivity index (χ4v) is 4.67. The van der Waals surface area contributed by atoms with Crippen molar-refractivity contribution in [3.8, 4) is 5.75 Å². The monoisotopic (exact) mass is 363 g/mol. The van der Waals surface area contributed by atoms with Gasteiger partial charge in [-0.05, 0) is 42.7 Å². The maximum atomic E-state index is 6.27. The molecule has 3 heteroatoms. The second-order valence-corrected chi connectivity index (χ2v) is 8.10. The van der Waals surface area contributed by atoms with Gasteiger partial charge in [0.25, 0.3) is 0 Å². The second-order valence-electron chi connectivity index (χ2n) is 6.77. The standard InChI is InChI=1S/C23H26NOP/c1-17-14-18(2)23(25-16-19-10-6-5-7-11-19)22(15-17)26-21-13-9-8-12-20(21)24(3)4/h5-15,26H,16H2,1-4H3. The molecule has 0 N–H and O–H groups in total. The van der Waals surface area contributed by atoms with Gasteiger partial charge in [0.1, 0.15) is 12.4 Å². The maximum absolute atomic E-state index is 6.27. The van der Waals surface area contributed by atoms with Crippen LogP contribution in [0.1, 0.15) is 16.7 Å². The van der Waals surface area contributed by atoms with E-state index in [0.29, 0.717) is 15.2 Å². The molecule has 0 aliphatic carbocycles. The molecule has 134 valence electrons. The molecule has 0 bridgehead atoms. The number of ether oxygens (including phenoxy) is 1. The molecule has 0 fully saturated rings. The van der Waals surface area contributed by atoms with E-state index in [1.807, 2.05) is 6.07 Å². The summed E-state index contributed by atoms with van der Waals surface area (Å²) < 4.78 is 6.27. The Morgan fingerprint density at radius 2 is 1.54 bits per heavy atom. The Balaban J connectivity index is 1.91. The molecule has 3 rings (SSSR count). The lowest BCUT2D eigenvalue weighted by Gasteiger charge is -2.20. The lowest BCUT2D eigenvalue weighted by atomic mass is 10.1. The highest BCUT2D eigenvalue weighted by molar-refractivity contribution is 7.56. The molecule has 0 spiro atoms. The first kappa shape index (κ1) is 18.5. The second kappa shape index (κ2) is 8.38. The molecule has 1 unspecified atom stereocenters. The Morgan fingerprint density at radius 1 is 0.846 bits per heavy atom. The number of nitrogens with zero attached hydrogens (tertiary/aromatic N) is 1. The summed E-state index contributed by atoms with van der Waals surface area (Å²) in [6.07, 6.45) is 0. The lowest BCUT2D eigenvalue weighted by Crippen LogP contribution is -2.18. The highest BCUT2D eigenvalue weighted by atomic mass is 31.1. The van der Waals surface area contributed by atoms with Gasteiger partial charge < -0.3 is 9.64 Å². The van der Waals surface area contributed by atoms with E-state index in [4.69, 9.17) is 4.74 Å². The average Bonchev–Trinajstić information content (AvgIpc) is 2.62. The number of anilines is 1. The largest absolute Gasteiger partial charge is 0.488 e. The van der Waals surface area contributed by atoms with Gasteiger partial charge >= 0.3 is 0 Å². The third-order valence-corrected chi connectivity index (χ3v) is 5.63. The molecule has 0 heterocycles. The van der Waals surface area contributed by atoms with E-state index in [1.165, 1.54) is 33.0 Å². The van der Waals surface area contributed by atoms with Crippen molar-refractivity contribution >= 4 is 24.9 Å². The number of aryl methyl sites for hydroxylation is 2. The van der Waals surface area contributed by atoms with Crippen LogP contribution in [0.3, 0.4) is 0 Å². The van der Waals surface area contributed by atoms with E-state index in [9.17, 15) is 0 Å². The third-order valence-electron chi connectivity index (χ3n) is 4.30. The maximum Gasteiger partial charge on any atom is 0.130 e. The smallest absolute Gasteiger partial charge is 0.130 e. The summed E-state index contributed by atoms with van der Waals surface area (Å²) in [5, 5.41) is 2.61. The van der Waals surface area contributed by atoms with E-state index in [1.54, 1.807) is 0 Å².